The molecule has 1 aromatic rings. The minimum absolute atomic E-state index is 0.0479. The first kappa shape index (κ1) is 13.1. The van der Waals surface area contributed by atoms with Crippen molar-refractivity contribution in [1.82, 2.24) is 5.32 Å². The number of hydrogen-bond acceptors (Lipinski definition) is 3. The SMILES string of the molecule is CC(CO)C(C)NC(=O)c1ccc2c(c1)COC2. The zero-order chi connectivity index (χ0) is 13.1. The fourth-order valence-electron chi connectivity index (χ4n) is 1.90. The Kier molecular flexibility index (Phi) is 3.99. The van der Waals surface area contributed by atoms with Crippen molar-refractivity contribution in [2.24, 2.45) is 5.92 Å². The lowest BCUT2D eigenvalue weighted by Crippen LogP contribution is -2.38. The molecule has 0 aliphatic carbocycles. The van der Waals surface area contributed by atoms with Gasteiger partial charge in [0.25, 0.3) is 5.91 Å². The number of hydrogen-bond donors (Lipinski definition) is 2. The second kappa shape index (κ2) is 5.50. The van der Waals surface area contributed by atoms with E-state index >= 15 is 0 Å². The zero-order valence-corrected chi connectivity index (χ0v) is 10.8. The van der Waals surface area contributed by atoms with Crippen LogP contribution in [0.15, 0.2) is 18.2 Å². The molecule has 1 aliphatic rings. The van der Waals surface area contributed by atoms with Crippen LogP contribution in [0.25, 0.3) is 0 Å². The molecule has 0 bridgehead atoms. The van der Waals surface area contributed by atoms with E-state index in [-0.39, 0.29) is 24.5 Å². The Morgan fingerprint density at radius 2 is 2.11 bits per heavy atom. The Balaban J connectivity index is 2.05. The number of ether oxygens (including phenoxy) is 1. The van der Waals surface area contributed by atoms with E-state index in [1.54, 1.807) is 0 Å². The standard InChI is InChI=1S/C14H19NO3/c1-9(6-16)10(2)15-14(17)11-3-4-12-7-18-8-13(12)5-11/h3-5,9-10,16H,6-8H2,1-2H3,(H,15,17). The molecule has 18 heavy (non-hydrogen) atoms. The van der Waals surface area contributed by atoms with Gasteiger partial charge in [-0.05, 0) is 36.1 Å². The van der Waals surface area contributed by atoms with Crippen molar-refractivity contribution in [2.75, 3.05) is 6.61 Å². The average Bonchev–Trinajstić information content (AvgIpc) is 2.84. The molecule has 1 heterocycles. The van der Waals surface area contributed by atoms with Gasteiger partial charge in [0.05, 0.1) is 13.2 Å². The Labute approximate surface area is 107 Å². The second-order valence-corrected chi connectivity index (χ2v) is 4.90. The van der Waals surface area contributed by atoms with Gasteiger partial charge in [-0.2, -0.15) is 0 Å². The molecule has 0 spiro atoms. The summed E-state index contributed by atoms with van der Waals surface area (Å²) in [7, 11) is 0. The van der Waals surface area contributed by atoms with Gasteiger partial charge >= 0.3 is 0 Å². The van der Waals surface area contributed by atoms with Crippen LogP contribution in [0.5, 0.6) is 0 Å². The highest BCUT2D eigenvalue weighted by atomic mass is 16.5. The quantitative estimate of drug-likeness (QED) is 0.849. The summed E-state index contributed by atoms with van der Waals surface area (Å²) >= 11 is 0. The summed E-state index contributed by atoms with van der Waals surface area (Å²) < 4.78 is 5.32. The largest absolute Gasteiger partial charge is 0.396 e. The third-order valence-electron chi connectivity index (χ3n) is 3.48. The number of amides is 1. The van der Waals surface area contributed by atoms with Crippen LogP contribution >= 0.6 is 0 Å². The molecule has 0 radical (unpaired) electrons. The van der Waals surface area contributed by atoms with Gasteiger partial charge in [0, 0.05) is 18.2 Å². The molecule has 2 atom stereocenters. The summed E-state index contributed by atoms with van der Waals surface area (Å²) in [5.74, 6) is -0.0517. The van der Waals surface area contributed by atoms with Crippen LogP contribution in [0.4, 0.5) is 0 Å². The van der Waals surface area contributed by atoms with Crippen molar-refractivity contribution in [1.29, 1.82) is 0 Å². The monoisotopic (exact) mass is 249 g/mol. The molecular formula is C14H19NO3. The van der Waals surface area contributed by atoms with Gasteiger partial charge in [-0.1, -0.05) is 13.0 Å². The third kappa shape index (κ3) is 2.71. The molecule has 1 amide bonds. The maximum absolute atomic E-state index is 12.0. The normalized spacial score (nSPS) is 17.1. The maximum Gasteiger partial charge on any atom is 0.251 e. The van der Waals surface area contributed by atoms with Crippen molar-refractivity contribution in [2.45, 2.75) is 33.1 Å². The van der Waals surface area contributed by atoms with Gasteiger partial charge in [0.1, 0.15) is 0 Å². The minimum atomic E-state index is -0.0995. The molecule has 4 nitrogen and oxygen atoms in total. The number of carbonyl (C=O) groups excluding carboxylic acids is 1. The zero-order valence-electron chi connectivity index (χ0n) is 10.8. The number of aliphatic hydroxyl groups excluding tert-OH is 1. The van der Waals surface area contributed by atoms with Crippen LogP contribution in [-0.2, 0) is 18.0 Å². The number of benzene rings is 1. The maximum atomic E-state index is 12.0. The molecule has 2 N–H and O–H groups in total. The first-order valence-electron chi connectivity index (χ1n) is 6.23. The van der Waals surface area contributed by atoms with Crippen LogP contribution in [-0.4, -0.2) is 23.7 Å². The Hall–Kier alpha value is -1.39. The molecule has 98 valence electrons. The van der Waals surface area contributed by atoms with Crippen molar-refractivity contribution in [3.63, 3.8) is 0 Å². The minimum Gasteiger partial charge on any atom is -0.396 e. The lowest BCUT2D eigenvalue weighted by atomic mass is 10.0. The molecule has 2 rings (SSSR count). The van der Waals surface area contributed by atoms with Crippen molar-refractivity contribution in [3.05, 3.63) is 34.9 Å². The third-order valence-corrected chi connectivity index (χ3v) is 3.48. The number of rotatable bonds is 4. The van der Waals surface area contributed by atoms with Crippen LogP contribution in [0, 0.1) is 5.92 Å². The summed E-state index contributed by atoms with van der Waals surface area (Å²) in [5.41, 5.74) is 2.89. The lowest BCUT2D eigenvalue weighted by molar-refractivity contribution is 0.0916. The Morgan fingerprint density at radius 3 is 2.83 bits per heavy atom. The first-order valence-corrected chi connectivity index (χ1v) is 6.23. The van der Waals surface area contributed by atoms with Gasteiger partial charge in [0.15, 0.2) is 0 Å². The van der Waals surface area contributed by atoms with E-state index in [4.69, 9.17) is 9.84 Å². The number of fused-ring (bicyclic) bond motifs is 1. The van der Waals surface area contributed by atoms with Crippen LogP contribution in [0.3, 0.4) is 0 Å². The number of aliphatic hydroxyl groups is 1. The average molecular weight is 249 g/mol. The number of nitrogens with one attached hydrogen (secondary N) is 1. The van der Waals surface area contributed by atoms with E-state index in [9.17, 15) is 4.79 Å². The topological polar surface area (TPSA) is 58.6 Å². The predicted octanol–water partition coefficient (Wildman–Crippen LogP) is 1.46. The summed E-state index contributed by atoms with van der Waals surface area (Å²) in [5, 5.41) is 11.9. The second-order valence-electron chi connectivity index (χ2n) is 4.90. The first-order chi connectivity index (χ1) is 8.61. The van der Waals surface area contributed by atoms with Crippen molar-refractivity contribution < 1.29 is 14.6 Å². The van der Waals surface area contributed by atoms with E-state index in [0.29, 0.717) is 18.8 Å². The molecule has 0 saturated heterocycles. The highest BCUT2D eigenvalue weighted by Gasteiger charge is 2.17. The summed E-state index contributed by atoms with van der Waals surface area (Å²) in [6, 6.07) is 5.59. The fourth-order valence-corrected chi connectivity index (χ4v) is 1.90. The van der Waals surface area contributed by atoms with E-state index in [0.717, 1.165) is 11.1 Å². The van der Waals surface area contributed by atoms with Crippen molar-refractivity contribution >= 4 is 5.91 Å². The van der Waals surface area contributed by atoms with Gasteiger partial charge in [-0.25, -0.2) is 0 Å². The fraction of sp³-hybridized carbons (Fsp3) is 0.500. The lowest BCUT2D eigenvalue weighted by Gasteiger charge is -2.19. The molecular weight excluding hydrogens is 230 g/mol. The van der Waals surface area contributed by atoms with Crippen LogP contribution in [0.1, 0.15) is 35.3 Å². The summed E-state index contributed by atoms with van der Waals surface area (Å²) in [4.78, 5) is 12.0. The Morgan fingerprint density at radius 1 is 1.39 bits per heavy atom. The van der Waals surface area contributed by atoms with E-state index < -0.39 is 0 Å². The van der Waals surface area contributed by atoms with Crippen LogP contribution < -0.4 is 5.32 Å². The molecule has 0 aromatic heterocycles. The van der Waals surface area contributed by atoms with Gasteiger partial charge in [-0.15, -0.1) is 0 Å². The van der Waals surface area contributed by atoms with E-state index in [2.05, 4.69) is 5.32 Å². The molecule has 0 saturated carbocycles. The molecule has 0 fully saturated rings. The van der Waals surface area contributed by atoms with Gasteiger partial charge < -0.3 is 15.2 Å². The van der Waals surface area contributed by atoms with Crippen molar-refractivity contribution in [3.8, 4) is 0 Å². The smallest absolute Gasteiger partial charge is 0.251 e. The molecule has 2 unspecified atom stereocenters. The molecule has 4 heteroatoms. The predicted molar refractivity (Wildman–Crippen MR) is 68.1 cm³/mol. The molecule has 1 aliphatic heterocycles. The Bertz CT molecular complexity index is 445. The van der Waals surface area contributed by atoms with Crippen LogP contribution in [0.2, 0.25) is 0 Å². The van der Waals surface area contributed by atoms with Gasteiger partial charge in [-0.3, -0.25) is 4.79 Å². The summed E-state index contributed by atoms with van der Waals surface area (Å²) in [6.45, 7) is 5.09. The van der Waals surface area contributed by atoms with Gasteiger partial charge in [0.2, 0.25) is 0 Å². The number of carbonyl (C=O) groups is 1. The van der Waals surface area contributed by atoms with E-state index in [1.807, 2.05) is 32.0 Å². The molecule has 1 aromatic carbocycles. The highest BCUT2D eigenvalue weighted by molar-refractivity contribution is 5.94. The van der Waals surface area contributed by atoms with E-state index in [1.165, 1.54) is 0 Å². The summed E-state index contributed by atoms with van der Waals surface area (Å²) in [6.07, 6.45) is 0. The highest BCUT2D eigenvalue weighted by Crippen LogP contribution is 2.20.